The van der Waals surface area contributed by atoms with Gasteiger partial charge in [0.25, 0.3) is 5.91 Å². The number of ether oxygens (including phenoxy) is 1. The van der Waals surface area contributed by atoms with Gasteiger partial charge in [0.15, 0.2) is 6.61 Å². The quantitative estimate of drug-likeness (QED) is 0.573. The minimum absolute atomic E-state index is 0.0659. The Balaban J connectivity index is 1.37. The summed E-state index contributed by atoms with van der Waals surface area (Å²) in [7, 11) is 0. The molecule has 1 atom stereocenters. The summed E-state index contributed by atoms with van der Waals surface area (Å²) in [4.78, 5) is 38.7. The minimum atomic E-state index is -0.600. The monoisotopic (exact) mass is 466 g/mol. The van der Waals surface area contributed by atoms with Crippen LogP contribution in [0.25, 0.3) is 10.8 Å². The number of amides is 2. The smallest absolute Gasteiger partial charge is 0.311 e. The van der Waals surface area contributed by atoms with Crippen LogP contribution >= 0.6 is 15.9 Å². The van der Waals surface area contributed by atoms with E-state index in [1.165, 1.54) is 0 Å². The first-order chi connectivity index (χ1) is 14.5. The maximum absolute atomic E-state index is 12.6. The summed E-state index contributed by atoms with van der Waals surface area (Å²) in [5.41, 5.74) is 1.39. The van der Waals surface area contributed by atoms with E-state index in [0.29, 0.717) is 5.69 Å². The highest BCUT2D eigenvalue weighted by atomic mass is 79.9. The van der Waals surface area contributed by atoms with Crippen LogP contribution in [0.3, 0.4) is 0 Å². The Labute approximate surface area is 181 Å². The zero-order chi connectivity index (χ0) is 21.1. The summed E-state index contributed by atoms with van der Waals surface area (Å²) in [5, 5.41) is 4.65. The van der Waals surface area contributed by atoms with Crippen molar-refractivity contribution in [2.24, 2.45) is 5.92 Å². The second kappa shape index (κ2) is 8.67. The van der Waals surface area contributed by atoms with Crippen molar-refractivity contribution in [2.75, 3.05) is 23.4 Å². The molecular weight excluding hydrogens is 448 g/mol. The van der Waals surface area contributed by atoms with Gasteiger partial charge in [0.2, 0.25) is 5.91 Å². The van der Waals surface area contributed by atoms with Gasteiger partial charge in [-0.05, 0) is 35.7 Å². The molecule has 0 aromatic heterocycles. The van der Waals surface area contributed by atoms with Crippen LogP contribution in [-0.4, -0.2) is 30.9 Å². The third kappa shape index (κ3) is 4.36. The molecule has 30 heavy (non-hydrogen) atoms. The maximum Gasteiger partial charge on any atom is 0.311 e. The Morgan fingerprint density at radius 1 is 1.03 bits per heavy atom. The van der Waals surface area contributed by atoms with E-state index >= 15 is 0 Å². The molecule has 3 aromatic rings. The zero-order valence-electron chi connectivity index (χ0n) is 16.0. The molecule has 1 fully saturated rings. The lowest BCUT2D eigenvalue weighted by Crippen LogP contribution is -2.28. The molecule has 0 saturated carbocycles. The number of benzene rings is 3. The average molecular weight is 467 g/mol. The van der Waals surface area contributed by atoms with Gasteiger partial charge in [-0.1, -0.05) is 52.3 Å². The van der Waals surface area contributed by atoms with Gasteiger partial charge in [-0.3, -0.25) is 14.4 Å². The van der Waals surface area contributed by atoms with Gasteiger partial charge in [-0.15, -0.1) is 0 Å². The second-order valence-corrected chi connectivity index (χ2v) is 7.98. The van der Waals surface area contributed by atoms with Gasteiger partial charge in [0.05, 0.1) is 11.6 Å². The van der Waals surface area contributed by atoms with Gasteiger partial charge < -0.3 is 15.0 Å². The summed E-state index contributed by atoms with van der Waals surface area (Å²) in [5.74, 6) is -1.71. The molecule has 6 nitrogen and oxygen atoms in total. The lowest BCUT2D eigenvalue weighted by Gasteiger charge is -2.18. The lowest BCUT2D eigenvalue weighted by molar-refractivity contribution is -0.151. The molecule has 152 valence electrons. The van der Waals surface area contributed by atoms with Crippen molar-refractivity contribution in [3.8, 4) is 0 Å². The summed E-state index contributed by atoms with van der Waals surface area (Å²) < 4.78 is 6.06. The first kappa shape index (κ1) is 20.1. The first-order valence-electron chi connectivity index (χ1n) is 9.51. The number of anilines is 2. The van der Waals surface area contributed by atoms with Crippen LogP contribution in [0.15, 0.2) is 71.2 Å². The number of hydrogen-bond acceptors (Lipinski definition) is 4. The molecule has 1 aliphatic rings. The summed E-state index contributed by atoms with van der Waals surface area (Å²) in [6.45, 7) is -0.159. The molecule has 3 aromatic carbocycles. The fourth-order valence-electron chi connectivity index (χ4n) is 3.53. The molecule has 7 heteroatoms. The molecule has 0 spiro atoms. The van der Waals surface area contributed by atoms with E-state index in [9.17, 15) is 14.4 Å². The highest BCUT2D eigenvalue weighted by Crippen LogP contribution is 2.32. The number of carbonyl (C=O) groups is 3. The zero-order valence-corrected chi connectivity index (χ0v) is 17.6. The first-order valence-corrected chi connectivity index (χ1v) is 10.3. The van der Waals surface area contributed by atoms with Crippen LogP contribution in [0.2, 0.25) is 0 Å². The standard InChI is InChI=1S/C23H19BrN2O4/c24-17-8-10-18(11-9-17)25-21(27)14-30-23(29)16-12-22(28)26(13-16)20-7-3-5-15-4-1-2-6-19(15)20/h1-11,16H,12-14H2,(H,25,27)/t16-/m0/s1. The molecule has 0 radical (unpaired) electrons. The number of nitrogens with zero attached hydrogens (tertiary/aromatic N) is 1. The SMILES string of the molecule is O=C(COC(=O)[C@H]1CC(=O)N(c2cccc3ccccc23)C1)Nc1ccc(Br)cc1. The van der Waals surface area contributed by atoms with Gasteiger partial charge in [-0.2, -0.15) is 0 Å². The average Bonchev–Trinajstić information content (AvgIpc) is 3.15. The Bertz CT molecular complexity index is 1110. The second-order valence-electron chi connectivity index (χ2n) is 7.07. The van der Waals surface area contributed by atoms with Crippen molar-refractivity contribution in [1.82, 2.24) is 0 Å². The van der Waals surface area contributed by atoms with Crippen molar-refractivity contribution < 1.29 is 19.1 Å². The van der Waals surface area contributed by atoms with Crippen LogP contribution < -0.4 is 10.2 Å². The molecule has 1 heterocycles. The summed E-state index contributed by atoms with van der Waals surface area (Å²) >= 11 is 3.33. The Hall–Kier alpha value is -3.19. The van der Waals surface area contributed by atoms with Gasteiger partial charge in [0, 0.05) is 28.5 Å². The van der Waals surface area contributed by atoms with Gasteiger partial charge in [-0.25, -0.2) is 0 Å². The van der Waals surface area contributed by atoms with E-state index in [4.69, 9.17) is 4.74 Å². The van der Waals surface area contributed by atoms with E-state index < -0.39 is 24.4 Å². The molecule has 4 rings (SSSR count). The van der Waals surface area contributed by atoms with E-state index in [-0.39, 0.29) is 18.9 Å². The number of hydrogen-bond donors (Lipinski definition) is 1. The Kier molecular flexibility index (Phi) is 5.81. The normalized spacial score (nSPS) is 16.0. The molecular formula is C23H19BrN2O4. The van der Waals surface area contributed by atoms with E-state index in [2.05, 4.69) is 21.2 Å². The largest absolute Gasteiger partial charge is 0.455 e. The van der Waals surface area contributed by atoms with Crippen LogP contribution in [-0.2, 0) is 19.1 Å². The molecule has 0 unspecified atom stereocenters. The van der Waals surface area contributed by atoms with Crippen molar-refractivity contribution in [1.29, 1.82) is 0 Å². The number of fused-ring (bicyclic) bond motifs is 1. The maximum atomic E-state index is 12.6. The predicted octanol–water partition coefficient (Wildman–Crippen LogP) is 4.14. The summed E-state index contributed by atoms with van der Waals surface area (Å²) in [6, 6.07) is 20.6. The van der Waals surface area contributed by atoms with Crippen molar-refractivity contribution >= 4 is 55.9 Å². The predicted molar refractivity (Wildman–Crippen MR) is 118 cm³/mol. The van der Waals surface area contributed by atoms with E-state index in [1.807, 2.05) is 42.5 Å². The van der Waals surface area contributed by atoms with E-state index in [1.54, 1.807) is 29.2 Å². The Morgan fingerprint density at radius 3 is 2.57 bits per heavy atom. The fraction of sp³-hybridized carbons (Fsp3) is 0.174. The highest BCUT2D eigenvalue weighted by Gasteiger charge is 2.36. The van der Waals surface area contributed by atoms with Gasteiger partial charge >= 0.3 is 5.97 Å². The molecule has 0 aliphatic carbocycles. The van der Waals surface area contributed by atoms with Crippen LogP contribution in [0.1, 0.15) is 6.42 Å². The molecule has 1 aliphatic heterocycles. The molecule has 0 bridgehead atoms. The van der Waals surface area contributed by atoms with Crippen LogP contribution in [0, 0.1) is 5.92 Å². The number of halogens is 1. The Morgan fingerprint density at radius 2 is 1.77 bits per heavy atom. The third-order valence-corrected chi connectivity index (χ3v) is 5.52. The van der Waals surface area contributed by atoms with Crippen molar-refractivity contribution in [3.05, 3.63) is 71.2 Å². The molecule has 1 N–H and O–H groups in total. The molecule has 2 amide bonds. The number of nitrogens with one attached hydrogen (secondary N) is 1. The number of rotatable bonds is 5. The van der Waals surface area contributed by atoms with E-state index in [0.717, 1.165) is 20.9 Å². The number of carbonyl (C=O) groups excluding carboxylic acids is 3. The highest BCUT2D eigenvalue weighted by molar-refractivity contribution is 9.10. The van der Waals surface area contributed by atoms with Gasteiger partial charge in [0.1, 0.15) is 0 Å². The topological polar surface area (TPSA) is 75.7 Å². The molecule has 1 saturated heterocycles. The minimum Gasteiger partial charge on any atom is -0.455 e. The van der Waals surface area contributed by atoms with Crippen molar-refractivity contribution in [2.45, 2.75) is 6.42 Å². The third-order valence-electron chi connectivity index (χ3n) is 4.99. The lowest BCUT2D eigenvalue weighted by atomic mass is 10.1. The van der Waals surface area contributed by atoms with Crippen LogP contribution in [0.4, 0.5) is 11.4 Å². The van der Waals surface area contributed by atoms with Crippen molar-refractivity contribution in [3.63, 3.8) is 0 Å². The number of esters is 1. The van der Waals surface area contributed by atoms with Crippen LogP contribution in [0.5, 0.6) is 0 Å². The summed E-state index contributed by atoms with van der Waals surface area (Å²) in [6.07, 6.45) is 0.0659. The fourth-order valence-corrected chi connectivity index (χ4v) is 3.79.